The molecule has 0 aromatic rings. The minimum atomic E-state index is -1.81. The molecule has 0 aromatic heterocycles. The number of rotatable bonds is 0. The van der Waals surface area contributed by atoms with Crippen molar-refractivity contribution < 1.29 is 18.7 Å². The van der Waals surface area contributed by atoms with Gasteiger partial charge in [-0.25, -0.2) is 14.0 Å². The van der Waals surface area contributed by atoms with Crippen LogP contribution in [0, 0.1) is 0 Å². The second kappa shape index (κ2) is 4.49. The minimum absolute atomic E-state index is 0.0808. The van der Waals surface area contributed by atoms with E-state index in [1.165, 1.54) is 11.8 Å². The molecule has 1 fully saturated rings. The molecule has 96 valence electrons. The predicted octanol–water partition coefficient (Wildman–Crippen LogP) is 2.11. The van der Waals surface area contributed by atoms with Gasteiger partial charge in [0.1, 0.15) is 11.5 Å². The number of carbonyl (C=O) groups excluding carboxylic acids is 2. The molecule has 0 bridgehead atoms. The summed E-state index contributed by atoms with van der Waals surface area (Å²) in [5.41, 5.74) is -2.33. The number of halogens is 1. The van der Waals surface area contributed by atoms with E-state index in [2.05, 4.69) is 0 Å². The SMILES string of the molecule is CC(C)(C)OC(=O)N1CCC(=C=O)C(C)(F)C1. The van der Waals surface area contributed by atoms with E-state index in [1.54, 1.807) is 26.7 Å². The molecule has 0 aromatic carbocycles. The van der Waals surface area contributed by atoms with E-state index >= 15 is 0 Å². The van der Waals surface area contributed by atoms with Crippen LogP contribution < -0.4 is 0 Å². The molecule has 1 saturated heterocycles. The number of alkyl halides is 1. The van der Waals surface area contributed by atoms with Crippen LogP contribution in [0.15, 0.2) is 5.57 Å². The van der Waals surface area contributed by atoms with Gasteiger partial charge >= 0.3 is 6.09 Å². The second-order valence-corrected chi connectivity index (χ2v) is 5.43. The fourth-order valence-corrected chi connectivity index (χ4v) is 1.68. The highest BCUT2D eigenvalue weighted by Crippen LogP contribution is 2.29. The van der Waals surface area contributed by atoms with Gasteiger partial charge in [-0.1, -0.05) is 0 Å². The van der Waals surface area contributed by atoms with Gasteiger partial charge in [-0.3, -0.25) is 0 Å². The molecular formula is C12H18FNO3. The Morgan fingerprint density at radius 1 is 1.53 bits per heavy atom. The Morgan fingerprint density at radius 3 is 2.53 bits per heavy atom. The van der Waals surface area contributed by atoms with Gasteiger partial charge in [0.25, 0.3) is 0 Å². The van der Waals surface area contributed by atoms with E-state index in [-0.39, 0.29) is 18.5 Å². The third-order valence-electron chi connectivity index (χ3n) is 2.52. The number of hydrogen-bond donors (Lipinski definition) is 0. The summed E-state index contributed by atoms with van der Waals surface area (Å²) < 4.78 is 19.2. The molecule has 5 heteroatoms. The zero-order chi connectivity index (χ0) is 13.3. The van der Waals surface area contributed by atoms with Gasteiger partial charge in [0, 0.05) is 13.0 Å². The quantitative estimate of drug-likeness (QED) is 0.612. The molecule has 1 atom stereocenters. The zero-order valence-electron chi connectivity index (χ0n) is 10.7. The predicted molar refractivity (Wildman–Crippen MR) is 61.1 cm³/mol. The standard InChI is InChI=1S/C12H18FNO3/c1-11(2,3)17-10(16)14-6-5-9(7-15)12(4,13)8-14/h5-6,8H2,1-4H3. The lowest BCUT2D eigenvalue weighted by atomic mass is 9.92. The molecule has 0 saturated carbocycles. The van der Waals surface area contributed by atoms with Crippen LogP contribution in [0.2, 0.25) is 0 Å². The van der Waals surface area contributed by atoms with Crippen LogP contribution in [0.25, 0.3) is 0 Å². The molecule has 0 spiro atoms. The Labute approximate surface area is 100 Å². The van der Waals surface area contributed by atoms with Crippen LogP contribution in [0.1, 0.15) is 34.1 Å². The average molecular weight is 243 g/mol. The summed E-state index contributed by atoms with van der Waals surface area (Å²) in [5, 5.41) is 0. The first kappa shape index (κ1) is 13.7. The van der Waals surface area contributed by atoms with E-state index in [9.17, 15) is 14.0 Å². The number of piperidine rings is 1. The van der Waals surface area contributed by atoms with Crippen LogP contribution >= 0.6 is 0 Å². The highest BCUT2D eigenvalue weighted by atomic mass is 19.1. The van der Waals surface area contributed by atoms with Crippen molar-refractivity contribution in [3.05, 3.63) is 5.57 Å². The van der Waals surface area contributed by atoms with E-state index in [4.69, 9.17) is 4.74 Å². The number of ether oxygens (including phenoxy) is 1. The lowest BCUT2D eigenvalue weighted by Crippen LogP contribution is -2.49. The zero-order valence-corrected chi connectivity index (χ0v) is 10.7. The van der Waals surface area contributed by atoms with Crippen LogP contribution in [0.3, 0.4) is 0 Å². The van der Waals surface area contributed by atoms with Crippen LogP contribution in [-0.4, -0.2) is 41.3 Å². The number of likely N-dealkylation sites (tertiary alicyclic amines) is 1. The first-order chi connectivity index (χ1) is 7.65. The van der Waals surface area contributed by atoms with Crippen molar-refractivity contribution in [2.75, 3.05) is 13.1 Å². The highest BCUT2D eigenvalue weighted by Gasteiger charge is 2.39. The van der Waals surface area contributed by atoms with Gasteiger partial charge < -0.3 is 9.64 Å². The molecule has 1 aliphatic heterocycles. The molecule has 1 aliphatic rings. The van der Waals surface area contributed by atoms with E-state index < -0.39 is 17.4 Å². The summed E-state index contributed by atoms with van der Waals surface area (Å²) in [5.74, 6) is 1.61. The Morgan fingerprint density at radius 2 is 2.12 bits per heavy atom. The third kappa shape index (κ3) is 3.56. The van der Waals surface area contributed by atoms with E-state index in [0.717, 1.165) is 0 Å². The number of hydrogen-bond acceptors (Lipinski definition) is 3. The maximum atomic E-state index is 14.0. The summed E-state index contributed by atoms with van der Waals surface area (Å²) in [6.45, 7) is 6.66. The van der Waals surface area contributed by atoms with Crippen molar-refractivity contribution in [3.63, 3.8) is 0 Å². The van der Waals surface area contributed by atoms with Crippen LogP contribution in [0.5, 0.6) is 0 Å². The van der Waals surface area contributed by atoms with Crippen molar-refractivity contribution in [2.24, 2.45) is 0 Å². The number of carbonyl (C=O) groups is 1. The van der Waals surface area contributed by atoms with Crippen molar-refractivity contribution >= 4 is 12.0 Å². The monoisotopic (exact) mass is 243 g/mol. The van der Waals surface area contributed by atoms with Crippen molar-refractivity contribution in [1.29, 1.82) is 0 Å². The molecular weight excluding hydrogens is 225 g/mol. The van der Waals surface area contributed by atoms with Gasteiger partial charge in [-0.05, 0) is 27.7 Å². The summed E-state index contributed by atoms with van der Waals surface area (Å²) in [7, 11) is 0. The second-order valence-electron chi connectivity index (χ2n) is 5.43. The van der Waals surface area contributed by atoms with Gasteiger partial charge in [-0.2, -0.15) is 0 Å². The largest absolute Gasteiger partial charge is 0.444 e. The maximum Gasteiger partial charge on any atom is 0.410 e. The molecule has 17 heavy (non-hydrogen) atoms. The molecule has 0 N–H and O–H groups in total. The normalized spacial score (nSPS) is 25.5. The average Bonchev–Trinajstić information content (AvgIpc) is 2.13. The molecule has 1 unspecified atom stereocenters. The fraction of sp³-hybridized carbons (Fsp3) is 0.750. The molecule has 4 nitrogen and oxygen atoms in total. The molecule has 1 heterocycles. The first-order valence-electron chi connectivity index (χ1n) is 5.57. The Hall–Kier alpha value is -1.35. The Kier molecular flexibility index (Phi) is 3.62. The van der Waals surface area contributed by atoms with E-state index in [1.807, 2.05) is 0 Å². The lowest BCUT2D eigenvalue weighted by molar-refractivity contribution is 0.0102. The molecule has 1 rings (SSSR count). The summed E-state index contributed by atoms with van der Waals surface area (Å²) in [6.07, 6.45) is -0.346. The van der Waals surface area contributed by atoms with Crippen molar-refractivity contribution in [1.82, 2.24) is 4.90 Å². The molecule has 1 amide bonds. The van der Waals surface area contributed by atoms with Crippen LogP contribution in [0.4, 0.5) is 9.18 Å². The van der Waals surface area contributed by atoms with Gasteiger partial charge in [-0.15, -0.1) is 0 Å². The molecule has 0 aliphatic carbocycles. The number of nitrogens with zero attached hydrogens (tertiary/aromatic N) is 1. The smallest absolute Gasteiger partial charge is 0.410 e. The maximum absolute atomic E-state index is 14.0. The van der Waals surface area contributed by atoms with Crippen molar-refractivity contribution in [3.8, 4) is 0 Å². The van der Waals surface area contributed by atoms with Gasteiger partial charge in [0.15, 0.2) is 5.67 Å². The van der Waals surface area contributed by atoms with E-state index in [0.29, 0.717) is 6.54 Å². The fourth-order valence-electron chi connectivity index (χ4n) is 1.68. The molecule has 0 radical (unpaired) electrons. The third-order valence-corrected chi connectivity index (χ3v) is 2.52. The summed E-state index contributed by atoms with van der Waals surface area (Å²) in [4.78, 5) is 23.6. The van der Waals surface area contributed by atoms with Gasteiger partial charge in [0.2, 0.25) is 0 Å². The lowest BCUT2D eigenvalue weighted by Gasteiger charge is -2.36. The summed E-state index contributed by atoms with van der Waals surface area (Å²) in [6, 6.07) is 0. The van der Waals surface area contributed by atoms with Crippen molar-refractivity contribution in [2.45, 2.75) is 45.4 Å². The number of amides is 1. The summed E-state index contributed by atoms with van der Waals surface area (Å²) >= 11 is 0. The Bertz CT molecular complexity index is 364. The minimum Gasteiger partial charge on any atom is -0.444 e. The first-order valence-corrected chi connectivity index (χ1v) is 5.57. The topological polar surface area (TPSA) is 46.6 Å². The Balaban J connectivity index is 2.72. The van der Waals surface area contributed by atoms with Crippen LogP contribution in [-0.2, 0) is 9.53 Å². The van der Waals surface area contributed by atoms with Gasteiger partial charge in [0.05, 0.1) is 12.1 Å². The highest BCUT2D eigenvalue weighted by molar-refractivity contribution is 5.69.